The molecule has 1 aliphatic rings. The molecule has 0 amide bonds. The highest BCUT2D eigenvalue weighted by atomic mass is 16.5. The number of nitrogens with zero attached hydrogens (tertiary/aromatic N) is 1. The molecule has 0 fully saturated rings. The molecule has 2 rings (SSSR count). The summed E-state index contributed by atoms with van der Waals surface area (Å²) < 4.78 is 4.72. The van der Waals surface area contributed by atoms with Crippen LogP contribution in [0.15, 0.2) is 12.1 Å². The van der Waals surface area contributed by atoms with Gasteiger partial charge in [0.1, 0.15) is 0 Å². The highest BCUT2D eigenvalue weighted by molar-refractivity contribution is 5.77. The summed E-state index contributed by atoms with van der Waals surface area (Å²) in [7, 11) is 1.40. The molecule has 4 heteroatoms. The maximum absolute atomic E-state index is 11.4. The zero-order chi connectivity index (χ0) is 11.5. The van der Waals surface area contributed by atoms with Crippen molar-refractivity contribution in [3.63, 3.8) is 0 Å². The first kappa shape index (κ1) is 10.9. The average molecular weight is 220 g/mol. The van der Waals surface area contributed by atoms with Gasteiger partial charge in [0.25, 0.3) is 0 Å². The van der Waals surface area contributed by atoms with Crippen LogP contribution in [-0.2, 0) is 16.0 Å². The lowest BCUT2D eigenvalue weighted by Crippen LogP contribution is -2.17. The first-order valence-corrected chi connectivity index (χ1v) is 5.54. The lowest BCUT2D eigenvalue weighted by Gasteiger charge is -2.18. The van der Waals surface area contributed by atoms with E-state index >= 15 is 0 Å². The largest absolute Gasteiger partial charge is 0.469 e. The number of aromatic nitrogens is 1. The van der Waals surface area contributed by atoms with Crippen LogP contribution < -0.4 is 5.32 Å². The van der Waals surface area contributed by atoms with Crippen molar-refractivity contribution in [2.45, 2.75) is 25.7 Å². The Bertz CT molecular complexity index is 404. The number of hydrogen-bond acceptors (Lipinski definition) is 4. The molecule has 1 N–H and O–H groups in total. The highest BCUT2D eigenvalue weighted by Gasteiger charge is 2.19. The third kappa shape index (κ3) is 2.01. The molecule has 0 spiro atoms. The van der Waals surface area contributed by atoms with Crippen molar-refractivity contribution in [2.75, 3.05) is 19.0 Å². The molecular formula is C12H16N2O2. The monoisotopic (exact) mass is 220 g/mol. The van der Waals surface area contributed by atoms with Crippen LogP contribution in [0.1, 0.15) is 30.7 Å². The van der Waals surface area contributed by atoms with E-state index in [4.69, 9.17) is 4.74 Å². The standard InChI is InChI=1S/C12H16N2O2/c1-8(12(15)16-2)9-5-6-10-11(14-9)4-3-7-13-10/h5-6,8,13H,3-4,7H2,1-2H3. The minimum Gasteiger partial charge on any atom is -0.469 e. The molecule has 0 bridgehead atoms. The van der Waals surface area contributed by atoms with Crippen molar-refractivity contribution in [2.24, 2.45) is 0 Å². The Morgan fingerprint density at radius 3 is 3.12 bits per heavy atom. The Balaban J connectivity index is 2.26. The zero-order valence-corrected chi connectivity index (χ0v) is 9.62. The first-order chi connectivity index (χ1) is 7.72. The molecule has 1 aromatic heterocycles. The van der Waals surface area contributed by atoms with Crippen LogP contribution in [0.4, 0.5) is 5.69 Å². The van der Waals surface area contributed by atoms with Crippen molar-refractivity contribution in [3.8, 4) is 0 Å². The normalized spacial score (nSPS) is 15.9. The molecule has 86 valence electrons. The predicted octanol–water partition coefficient (Wildman–Crippen LogP) is 1.72. The highest BCUT2D eigenvalue weighted by Crippen LogP contribution is 2.23. The number of fused-ring (bicyclic) bond motifs is 1. The fraction of sp³-hybridized carbons (Fsp3) is 0.500. The molecule has 0 radical (unpaired) electrons. The third-order valence-corrected chi connectivity index (χ3v) is 2.90. The second kappa shape index (κ2) is 4.51. The van der Waals surface area contributed by atoms with E-state index in [-0.39, 0.29) is 11.9 Å². The lowest BCUT2D eigenvalue weighted by atomic mass is 10.0. The summed E-state index contributed by atoms with van der Waals surface area (Å²) in [5.41, 5.74) is 2.93. The fourth-order valence-corrected chi connectivity index (χ4v) is 1.89. The molecule has 0 aromatic carbocycles. The van der Waals surface area contributed by atoms with E-state index in [0.29, 0.717) is 0 Å². The van der Waals surface area contributed by atoms with Crippen LogP contribution in [0.25, 0.3) is 0 Å². The Labute approximate surface area is 95.0 Å². The van der Waals surface area contributed by atoms with Gasteiger partial charge in [-0.2, -0.15) is 0 Å². The van der Waals surface area contributed by atoms with E-state index in [0.717, 1.165) is 36.5 Å². The van der Waals surface area contributed by atoms with Crippen LogP contribution in [-0.4, -0.2) is 24.6 Å². The summed E-state index contributed by atoms with van der Waals surface area (Å²) in [6, 6.07) is 3.88. The number of aryl methyl sites for hydroxylation is 1. The van der Waals surface area contributed by atoms with Crippen LogP contribution >= 0.6 is 0 Å². The van der Waals surface area contributed by atoms with Crippen molar-refractivity contribution < 1.29 is 9.53 Å². The Morgan fingerprint density at radius 2 is 2.38 bits per heavy atom. The number of anilines is 1. The Hall–Kier alpha value is -1.58. The van der Waals surface area contributed by atoms with E-state index in [1.165, 1.54) is 7.11 Å². The van der Waals surface area contributed by atoms with Crippen molar-refractivity contribution in [3.05, 3.63) is 23.5 Å². The van der Waals surface area contributed by atoms with E-state index in [2.05, 4.69) is 10.3 Å². The number of methoxy groups -OCH3 is 1. The number of ether oxygens (including phenoxy) is 1. The molecule has 1 atom stereocenters. The Kier molecular flexibility index (Phi) is 3.08. The molecule has 16 heavy (non-hydrogen) atoms. The van der Waals surface area contributed by atoms with E-state index < -0.39 is 0 Å². The minimum atomic E-state index is -0.294. The van der Waals surface area contributed by atoms with Crippen LogP contribution in [0.3, 0.4) is 0 Å². The maximum atomic E-state index is 11.4. The lowest BCUT2D eigenvalue weighted by molar-refractivity contribution is -0.142. The van der Waals surface area contributed by atoms with E-state index in [9.17, 15) is 4.79 Å². The van der Waals surface area contributed by atoms with Gasteiger partial charge in [-0.3, -0.25) is 9.78 Å². The van der Waals surface area contributed by atoms with Crippen LogP contribution in [0.5, 0.6) is 0 Å². The van der Waals surface area contributed by atoms with Crippen molar-refractivity contribution >= 4 is 11.7 Å². The molecular weight excluding hydrogens is 204 g/mol. The molecule has 0 saturated carbocycles. The van der Waals surface area contributed by atoms with Crippen molar-refractivity contribution in [1.82, 2.24) is 4.98 Å². The van der Waals surface area contributed by atoms with E-state index in [1.807, 2.05) is 19.1 Å². The number of pyridine rings is 1. The molecule has 1 aliphatic heterocycles. The van der Waals surface area contributed by atoms with Gasteiger partial charge in [0.05, 0.1) is 30.1 Å². The molecule has 4 nitrogen and oxygen atoms in total. The molecule has 1 unspecified atom stereocenters. The van der Waals surface area contributed by atoms with Gasteiger partial charge in [-0.25, -0.2) is 0 Å². The van der Waals surface area contributed by atoms with Gasteiger partial charge in [-0.15, -0.1) is 0 Å². The van der Waals surface area contributed by atoms with Gasteiger partial charge in [-0.1, -0.05) is 0 Å². The number of carbonyl (C=O) groups is 1. The summed E-state index contributed by atoms with van der Waals surface area (Å²) in [6.45, 7) is 2.82. The maximum Gasteiger partial charge on any atom is 0.314 e. The molecule has 2 heterocycles. The topological polar surface area (TPSA) is 51.2 Å². The third-order valence-electron chi connectivity index (χ3n) is 2.90. The predicted molar refractivity (Wildman–Crippen MR) is 61.5 cm³/mol. The first-order valence-electron chi connectivity index (χ1n) is 5.54. The Morgan fingerprint density at radius 1 is 1.56 bits per heavy atom. The van der Waals surface area contributed by atoms with Gasteiger partial charge in [0.15, 0.2) is 0 Å². The average Bonchev–Trinajstić information content (AvgIpc) is 2.36. The second-order valence-corrected chi connectivity index (χ2v) is 4.01. The molecule has 1 aromatic rings. The smallest absolute Gasteiger partial charge is 0.314 e. The van der Waals surface area contributed by atoms with Crippen LogP contribution in [0, 0.1) is 0 Å². The van der Waals surface area contributed by atoms with Gasteiger partial charge in [0.2, 0.25) is 0 Å². The van der Waals surface area contributed by atoms with Crippen LogP contribution in [0.2, 0.25) is 0 Å². The molecule has 0 saturated heterocycles. The molecule has 0 aliphatic carbocycles. The SMILES string of the molecule is COC(=O)C(C)c1ccc2c(n1)CCCN2. The zero-order valence-electron chi connectivity index (χ0n) is 9.62. The van der Waals surface area contributed by atoms with Gasteiger partial charge < -0.3 is 10.1 Å². The number of rotatable bonds is 2. The van der Waals surface area contributed by atoms with E-state index in [1.54, 1.807) is 0 Å². The number of esters is 1. The summed E-state index contributed by atoms with van der Waals surface area (Å²) in [5, 5.41) is 3.29. The number of hydrogen-bond donors (Lipinski definition) is 1. The number of nitrogens with one attached hydrogen (secondary N) is 1. The summed E-state index contributed by atoms with van der Waals surface area (Å²) in [5.74, 6) is -0.534. The van der Waals surface area contributed by atoms with Gasteiger partial charge in [0, 0.05) is 6.54 Å². The quantitative estimate of drug-likeness (QED) is 0.771. The van der Waals surface area contributed by atoms with Gasteiger partial charge >= 0.3 is 5.97 Å². The second-order valence-electron chi connectivity index (χ2n) is 4.01. The minimum absolute atomic E-state index is 0.240. The fourth-order valence-electron chi connectivity index (χ4n) is 1.89. The van der Waals surface area contributed by atoms with Crippen molar-refractivity contribution in [1.29, 1.82) is 0 Å². The van der Waals surface area contributed by atoms with Gasteiger partial charge in [-0.05, 0) is 31.9 Å². The summed E-state index contributed by atoms with van der Waals surface area (Å²) >= 11 is 0. The summed E-state index contributed by atoms with van der Waals surface area (Å²) in [6.07, 6.45) is 2.07. The summed E-state index contributed by atoms with van der Waals surface area (Å²) in [4.78, 5) is 15.9. The number of carbonyl (C=O) groups excluding carboxylic acids is 1.